The van der Waals surface area contributed by atoms with Crippen molar-refractivity contribution >= 4 is 11.0 Å². The van der Waals surface area contributed by atoms with Crippen LogP contribution in [0.5, 0.6) is 5.75 Å². The van der Waals surface area contributed by atoms with Crippen molar-refractivity contribution in [2.24, 2.45) is 0 Å². The third-order valence-corrected chi connectivity index (χ3v) is 4.19. The number of rotatable bonds is 3. The number of nitrogens with one attached hydrogen (secondary N) is 2. The summed E-state index contributed by atoms with van der Waals surface area (Å²) in [4.78, 5) is 0. The highest BCUT2D eigenvalue weighted by molar-refractivity contribution is 5.77. The van der Waals surface area contributed by atoms with Gasteiger partial charge in [0.1, 0.15) is 17.1 Å². The van der Waals surface area contributed by atoms with E-state index in [9.17, 15) is 0 Å². The fourth-order valence-corrected chi connectivity index (χ4v) is 2.99. The first kappa shape index (κ1) is 13.4. The number of methoxy groups -OCH3 is 1. The van der Waals surface area contributed by atoms with E-state index in [1.54, 1.807) is 7.11 Å². The molecule has 0 aliphatic carbocycles. The molecule has 0 bridgehead atoms. The van der Waals surface area contributed by atoms with Crippen molar-refractivity contribution in [2.45, 2.75) is 18.5 Å². The molecule has 4 nitrogen and oxygen atoms in total. The maximum absolute atomic E-state index is 5.95. The molecule has 2 aromatic carbocycles. The molecule has 0 spiro atoms. The molecule has 1 saturated heterocycles. The van der Waals surface area contributed by atoms with Gasteiger partial charge in [-0.1, -0.05) is 30.3 Å². The Bertz CT molecular complexity index is 763. The van der Waals surface area contributed by atoms with Crippen LogP contribution in [-0.4, -0.2) is 7.11 Å². The Labute approximate surface area is 129 Å². The molecule has 2 heterocycles. The molecule has 4 heteroatoms. The first-order valence-electron chi connectivity index (χ1n) is 7.47. The molecule has 2 unspecified atom stereocenters. The molecule has 1 aliphatic rings. The number of hydrogen-bond donors (Lipinski definition) is 2. The lowest BCUT2D eigenvalue weighted by atomic mass is 10.0. The fourth-order valence-electron chi connectivity index (χ4n) is 2.99. The summed E-state index contributed by atoms with van der Waals surface area (Å²) in [6.07, 6.45) is 0.937. The Morgan fingerprint density at radius 1 is 1.00 bits per heavy atom. The Morgan fingerprint density at radius 2 is 1.86 bits per heavy atom. The van der Waals surface area contributed by atoms with E-state index in [4.69, 9.17) is 9.15 Å². The van der Waals surface area contributed by atoms with Crippen molar-refractivity contribution in [3.8, 4) is 5.75 Å². The third-order valence-electron chi connectivity index (χ3n) is 4.19. The highest BCUT2D eigenvalue weighted by atomic mass is 16.5. The number of hydrogen-bond acceptors (Lipinski definition) is 4. The second-order valence-corrected chi connectivity index (χ2v) is 5.59. The van der Waals surface area contributed by atoms with Crippen LogP contribution in [-0.2, 0) is 0 Å². The van der Waals surface area contributed by atoms with Gasteiger partial charge in [-0.2, -0.15) is 0 Å². The van der Waals surface area contributed by atoms with E-state index in [2.05, 4.69) is 35.1 Å². The van der Waals surface area contributed by atoms with Gasteiger partial charge >= 0.3 is 0 Å². The molecule has 112 valence electrons. The quantitative estimate of drug-likeness (QED) is 0.773. The standard InChI is InChI=1S/C18H18N2O2/c1-21-14-7-4-6-12(9-14)15-11-16(20-19-15)18-10-13-5-2-3-8-17(13)22-18/h2-10,15-16,19-20H,11H2,1H3. The van der Waals surface area contributed by atoms with Crippen LogP contribution in [0.1, 0.15) is 29.8 Å². The molecule has 2 atom stereocenters. The summed E-state index contributed by atoms with van der Waals surface area (Å²) in [5, 5.41) is 1.14. The molecular formula is C18H18N2O2. The van der Waals surface area contributed by atoms with Gasteiger partial charge in [0.15, 0.2) is 0 Å². The Kier molecular flexibility index (Phi) is 3.33. The lowest BCUT2D eigenvalue weighted by Crippen LogP contribution is -2.26. The second kappa shape index (κ2) is 5.48. The van der Waals surface area contributed by atoms with Crippen LogP contribution in [0.3, 0.4) is 0 Å². The van der Waals surface area contributed by atoms with Gasteiger partial charge < -0.3 is 9.15 Å². The minimum absolute atomic E-state index is 0.170. The summed E-state index contributed by atoms with van der Waals surface area (Å²) in [6, 6.07) is 18.8. The zero-order chi connectivity index (χ0) is 14.9. The van der Waals surface area contributed by atoms with E-state index in [0.29, 0.717) is 0 Å². The minimum Gasteiger partial charge on any atom is -0.497 e. The largest absolute Gasteiger partial charge is 0.497 e. The van der Waals surface area contributed by atoms with Crippen molar-refractivity contribution in [1.29, 1.82) is 0 Å². The highest BCUT2D eigenvalue weighted by Crippen LogP contribution is 2.34. The van der Waals surface area contributed by atoms with Gasteiger partial charge in [0.25, 0.3) is 0 Å². The van der Waals surface area contributed by atoms with Crippen molar-refractivity contribution in [3.63, 3.8) is 0 Å². The second-order valence-electron chi connectivity index (χ2n) is 5.59. The maximum atomic E-state index is 5.95. The lowest BCUT2D eigenvalue weighted by molar-refractivity contribution is 0.413. The number of hydrazine groups is 1. The third kappa shape index (κ3) is 2.36. The molecule has 4 rings (SSSR count). The van der Waals surface area contributed by atoms with Gasteiger partial charge in [0.05, 0.1) is 13.2 Å². The molecule has 22 heavy (non-hydrogen) atoms. The van der Waals surface area contributed by atoms with Gasteiger partial charge in [-0.25, -0.2) is 10.9 Å². The monoisotopic (exact) mass is 294 g/mol. The van der Waals surface area contributed by atoms with Crippen molar-refractivity contribution < 1.29 is 9.15 Å². The highest BCUT2D eigenvalue weighted by Gasteiger charge is 2.28. The summed E-state index contributed by atoms with van der Waals surface area (Å²) in [6.45, 7) is 0. The van der Waals surface area contributed by atoms with Gasteiger partial charge in [0.2, 0.25) is 0 Å². The van der Waals surface area contributed by atoms with Gasteiger partial charge in [-0.3, -0.25) is 0 Å². The predicted octanol–water partition coefficient (Wildman–Crippen LogP) is 3.72. The van der Waals surface area contributed by atoms with Crippen LogP contribution >= 0.6 is 0 Å². The Hall–Kier alpha value is -2.30. The molecule has 1 aromatic heterocycles. The molecule has 1 fully saturated rings. The van der Waals surface area contributed by atoms with E-state index >= 15 is 0 Å². The van der Waals surface area contributed by atoms with Gasteiger partial charge in [-0.15, -0.1) is 0 Å². The zero-order valence-electron chi connectivity index (χ0n) is 12.4. The summed E-state index contributed by atoms with van der Waals surface area (Å²) in [5.74, 6) is 1.85. The summed E-state index contributed by atoms with van der Waals surface area (Å²) in [5.41, 5.74) is 8.83. The topological polar surface area (TPSA) is 46.4 Å². The van der Waals surface area contributed by atoms with E-state index in [0.717, 1.165) is 28.9 Å². The SMILES string of the molecule is COc1cccc(C2CC(c3cc4ccccc4o3)NN2)c1. The number of ether oxygens (including phenoxy) is 1. The van der Waals surface area contributed by atoms with Crippen LogP contribution in [0.4, 0.5) is 0 Å². The molecule has 0 amide bonds. The Balaban J connectivity index is 1.56. The van der Waals surface area contributed by atoms with Crippen molar-refractivity contribution in [1.82, 2.24) is 10.9 Å². The molecule has 2 N–H and O–H groups in total. The average Bonchev–Trinajstić information content (AvgIpc) is 3.21. The maximum Gasteiger partial charge on any atom is 0.134 e. The van der Waals surface area contributed by atoms with Crippen LogP contribution < -0.4 is 15.6 Å². The van der Waals surface area contributed by atoms with Gasteiger partial charge in [-0.05, 0) is 36.2 Å². The summed E-state index contributed by atoms with van der Waals surface area (Å²) >= 11 is 0. The van der Waals surface area contributed by atoms with Crippen LogP contribution in [0.15, 0.2) is 59.0 Å². The normalized spacial score (nSPS) is 21.3. The van der Waals surface area contributed by atoms with E-state index < -0.39 is 0 Å². The molecule has 0 radical (unpaired) electrons. The Morgan fingerprint density at radius 3 is 2.73 bits per heavy atom. The van der Waals surface area contributed by atoms with Crippen molar-refractivity contribution in [2.75, 3.05) is 7.11 Å². The molecular weight excluding hydrogens is 276 g/mol. The zero-order valence-corrected chi connectivity index (χ0v) is 12.4. The molecule has 0 saturated carbocycles. The molecule has 3 aromatic rings. The number of para-hydroxylation sites is 1. The van der Waals surface area contributed by atoms with Crippen LogP contribution in [0.25, 0.3) is 11.0 Å². The number of furan rings is 1. The smallest absolute Gasteiger partial charge is 0.134 e. The minimum atomic E-state index is 0.170. The summed E-state index contributed by atoms with van der Waals surface area (Å²) < 4.78 is 11.3. The fraction of sp³-hybridized carbons (Fsp3) is 0.222. The lowest BCUT2D eigenvalue weighted by Gasteiger charge is -2.10. The predicted molar refractivity (Wildman–Crippen MR) is 85.6 cm³/mol. The summed E-state index contributed by atoms with van der Waals surface area (Å²) in [7, 11) is 1.69. The van der Waals surface area contributed by atoms with E-state index in [1.807, 2.05) is 30.3 Å². The first-order valence-corrected chi connectivity index (χ1v) is 7.47. The van der Waals surface area contributed by atoms with E-state index in [1.165, 1.54) is 5.56 Å². The van der Waals surface area contributed by atoms with Crippen molar-refractivity contribution in [3.05, 3.63) is 65.9 Å². The number of fused-ring (bicyclic) bond motifs is 1. The van der Waals surface area contributed by atoms with E-state index in [-0.39, 0.29) is 12.1 Å². The number of benzene rings is 2. The molecule has 1 aliphatic heterocycles. The van der Waals surface area contributed by atoms with Gasteiger partial charge in [0, 0.05) is 11.4 Å². The van der Waals surface area contributed by atoms with Crippen LogP contribution in [0, 0.1) is 0 Å². The average molecular weight is 294 g/mol. The van der Waals surface area contributed by atoms with Crippen LogP contribution in [0.2, 0.25) is 0 Å². The first-order chi connectivity index (χ1) is 10.8.